The molecule has 0 aliphatic rings. The number of hydrogen-bond donors (Lipinski definition) is 2. The monoisotopic (exact) mass is 371 g/mol. The van der Waals surface area contributed by atoms with Crippen molar-refractivity contribution in [2.45, 2.75) is 32.7 Å². The number of carbonyl (C=O) groups excluding carboxylic acids is 1. The molecule has 0 aliphatic carbocycles. The van der Waals surface area contributed by atoms with Crippen LogP contribution in [0.2, 0.25) is 0 Å². The SMILES string of the molecule is COc1ccc(CCC(=O)NC(C(=O)O)c2cccc(C)c2C)cc1OC. The lowest BCUT2D eigenvalue weighted by Crippen LogP contribution is -2.34. The second kappa shape index (κ2) is 9.07. The normalized spacial score (nSPS) is 11.6. The molecule has 1 unspecified atom stereocenters. The number of carboxylic acid groups (broad SMARTS) is 1. The van der Waals surface area contributed by atoms with Gasteiger partial charge in [0.05, 0.1) is 14.2 Å². The highest BCUT2D eigenvalue weighted by molar-refractivity contribution is 5.85. The van der Waals surface area contributed by atoms with Crippen molar-refractivity contribution in [3.05, 3.63) is 58.7 Å². The van der Waals surface area contributed by atoms with Crippen molar-refractivity contribution >= 4 is 11.9 Å². The maximum Gasteiger partial charge on any atom is 0.330 e. The molecule has 2 N–H and O–H groups in total. The standard InChI is InChI=1S/C21H25NO5/c1-13-6-5-7-16(14(13)2)20(21(24)25)22-19(23)11-9-15-8-10-17(26-3)18(12-15)27-4/h5-8,10,12,20H,9,11H2,1-4H3,(H,22,23)(H,24,25). The summed E-state index contributed by atoms with van der Waals surface area (Å²) in [5.41, 5.74) is 3.35. The molecule has 1 amide bonds. The molecule has 6 heteroatoms. The molecular formula is C21H25NO5. The molecule has 0 saturated heterocycles. The first-order chi connectivity index (χ1) is 12.9. The summed E-state index contributed by atoms with van der Waals surface area (Å²) >= 11 is 0. The Morgan fingerprint density at radius 2 is 1.78 bits per heavy atom. The molecule has 27 heavy (non-hydrogen) atoms. The third-order valence-electron chi connectivity index (χ3n) is 4.60. The fourth-order valence-corrected chi connectivity index (χ4v) is 2.89. The highest BCUT2D eigenvalue weighted by Crippen LogP contribution is 2.28. The Kier molecular flexibility index (Phi) is 6.82. The van der Waals surface area contributed by atoms with Gasteiger partial charge in [-0.25, -0.2) is 4.79 Å². The van der Waals surface area contributed by atoms with Crippen molar-refractivity contribution in [3.63, 3.8) is 0 Å². The number of amides is 1. The van der Waals surface area contributed by atoms with Crippen molar-refractivity contribution in [1.29, 1.82) is 0 Å². The van der Waals surface area contributed by atoms with Gasteiger partial charge in [-0.2, -0.15) is 0 Å². The Labute approximate surface area is 159 Å². The summed E-state index contributed by atoms with van der Waals surface area (Å²) in [6.07, 6.45) is 0.634. The zero-order chi connectivity index (χ0) is 20.0. The molecule has 1 atom stereocenters. The summed E-state index contributed by atoms with van der Waals surface area (Å²) in [5, 5.41) is 12.2. The first-order valence-electron chi connectivity index (χ1n) is 8.66. The first-order valence-corrected chi connectivity index (χ1v) is 8.66. The zero-order valence-corrected chi connectivity index (χ0v) is 16.0. The average molecular weight is 371 g/mol. The van der Waals surface area contributed by atoms with Crippen LogP contribution in [0.1, 0.15) is 34.7 Å². The van der Waals surface area contributed by atoms with Gasteiger partial charge in [0.2, 0.25) is 5.91 Å². The predicted octanol–water partition coefficient (Wildman–Crippen LogP) is 3.20. The van der Waals surface area contributed by atoms with Gasteiger partial charge < -0.3 is 19.9 Å². The summed E-state index contributed by atoms with van der Waals surface area (Å²) in [7, 11) is 3.11. The first kappa shape index (κ1) is 20.3. The third-order valence-corrected chi connectivity index (χ3v) is 4.60. The van der Waals surface area contributed by atoms with Crippen molar-refractivity contribution in [1.82, 2.24) is 5.32 Å². The Morgan fingerprint density at radius 1 is 1.07 bits per heavy atom. The van der Waals surface area contributed by atoms with E-state index in [-0.39, 0.29) is 12.3 Å². The minimum atomic E-state index is -1.08. The number of aryl methyl sites for hydroxylation is 2. The summed E-state index contributed by atoms with van der Waals surface area (Å²) in [6, 6.07) is 9.82. The maximum absolute atomic E-state index is 12.3. The van der Waals surface area contributed by atoms with Crippen LogP contribution in [0.4, 0.5) is 0 Å². The number of ether oxygens (including phenoxy) is 2. The molecule has 0 fully saturated rings. The Bertz CT molecular complexity index is 831. The molecule has 2 rings (SSSR count). The van der Waals surface area contributed by atoms with Gasteiger partial charge in [-0.15, -0.1) is 0 Å². The van der Waals surface area contributed by atoms with Crippen LogP contribution in [0.3, 0.4) is 0 Å². The van der Waals surface area contributed by atoms with Crippen LogP contribution < -0.4 is 14.8 Å². The quantitative estimate of drug-likeness (QED) is 0.744. The lowest BCUT2D eigenvalue weighted by Gasteiger charge is -2.18. The number of methoxy groups -OCH3 is 2. The molecule has 0 bridgehead atoms. The molecular weight excluding hydrogens is 346 g/mol. The number of aliphatic carboxylic acids is 1. The van der Waals surface area contributed by atoms with Crippen LogP contribution in [-0.2, 0) is 16.0 Å². The van der Waals surface area contributed by atoms with E-state index in [2.05, 4.69) is 5.32 Å². The highest BCUT2D eigenvalue weighted by Gasteiger charge is 2.24. The number of hydrogen-bond acceptors (Lipinski definition) is 4. The summed E-state index contributed by atoms with van der Waals surface area (Å²) in [5.74, 6) is -0.193. The van der Waals surface area contributed by atoms with Gasteiger partial charge in [0.25, 0.3) is 0 Å². The van der Waals surface area contributed by atoms with E-state index in [1.807, 2.05) is 32.0 Å². The van der Waals surface area contributed by atoms with Gasteiger partial charge in [-0.3, -0.25) is 4.79 Å². The van der Waals surface area contributed by atoms with Crippen molar-refractivity contribution in [2.24, 2.45) is 0 Å². The van der Waals surface area contributed by atoms with Crippen LogP contribution in [0, 0.1) is 13.8 Å². The van der Waals surface area contributed by atoms with Crippen LogP contribution in [-0.4, -0.2) is 31.2 Å². The van der Waals surface area contributed by atoms with E-state index in [1.165, 1.54) is 0 Å². The minimum absolute atomic E-state index is 0.171. The molecule has 2 aromatic rings. The van der Waals surface area contributed by atoms with Gasteiger partial charge in [0.1, 0.15) is 0 Å². The third kappa shape index (κ3) is 5.00. The smallest absolute Gasteiger partial charge is 0.330 e. The minimum Gasteiger partial charge on any atom is -0.493 e. The number of rotatable bonds is 8. The Balaban J connectivity index is 2.07. The van der Waals surface area contributed by atoms with E-state index in [0.29, 0.717) is 23.5 Å². The fourth-order valence-electron chi connectivity index (χ4n) is 2.89. The Morgan fingerprint density at radius 3 is 2.41 bits per heavy atom. The molecule has 0 radical (unpaired) electrons. The molecule has 0 spiro atoms. The van der Waals surface area contributed by atoms with Crippen molar-refractivity contribution < 1.29 is 24.2 Å². The molecule has 2 aromatic carbocycles. The van der Waals surface area contributed by atoms with Crippen LogP contribution in [0.15, 0.2) is 36.4 Å². The molecule has 0 aromatic heterocycles. The van der Waals surface area contributed by atoms with Gasteiger partial charge in [-0.1, -0.05) is 24.3 Å². The molecule has 0 aliphatic heterocycles. The lowest BCUT2D eigenvalue weighted by molar-refractivity contribution is -0.142. The van der Waals surface area contributed by atoms with E-state index in [9.17, 15) is 14.7 Å². The maximum atomic E-state index is 12.3. The second-order valence-electron chi connectivity index (χ2n) is 6.32. The predicted molar refractivity (Wildman–Crippen MR) is 102 cm³/mol. The van der Waals surface area contributed by atoms with E-state index in [4.69, 9.17) is 9.47 Å². The number of benzene rings is 2. The van der Waals surface area contributed by atoms with Crippen molar-refractivity contribution in [2.75, 3.05) is 14.2 Å². The van der Waals surface area contributed by atoms with E-state index >= 15 is 0 Å². The highest BCUT2D eigenvalue weighted by atomic mass is 16.5. The van der Waals surface area contributed by atoms with Gasteiger partial charge in [-0.05, 0) is 54.7 Å². The van der Waals surface area contributed by atoms with Gasteiger partial charge in [0, 0.05) is 6.42 Å². The molecule has 0 saturated carbocycles. The number of nitrogens with one attached hydrogen (secondary N) is 1. The van der Waals surface area contributed by atoms with E-state index in [0.717, 1.165) is 16.7 Å². The average Bonchev–Trinajstić information content (AvgIpc) is 2.66. The van der Waals surface area contributed by atoms with Crippen molar-refractivity contribution in [3.8, 4) is 11.5 Å². The van der Waals surface area contributed by atoms with Gasteiger partial charge >= 0.3 is 5.97 Å². The topological polar surface area (TPSA) is 84.9 Å². The summed E-state index contributed by atoms with van der Waals surface area (Å²) in [6.45, 7) is 3.77. The lowest BCUT2D eigenvalue weighted by atomic mass is 9.97. The summed E-state index contributed by atoms with van der Waals surface area (Å²) < 4.78 is 10.5. The largest absolute Gasteiger partial charge is 0.493 e. The van der Waals surface area contributed by atoms with Gasteiger partial charge in [0.15, 0.2) is 17.5 Å². The number of carboxylic acids is 1. The van der Waals surface area contributed by atoms with Crippen LogP contribution in [0.5, 0.6) is 11.5 Å². The fraction of sp³-hybridized carbons (Fsp3) is 0.333. The molecule has 144 valence electrons. The second-order valence-corrected chi connectivity index (χ2v) is 6.32. The van der Waals surface area contributed by atoms with E-state index in [1.54, 1.807) is 32.4 Å². The summed E-state index contributed by atoms with van der Waals surface area (Å²) in [4.78, 5) is 24.0. The zero-order valence-electron chi connectivity index (χ0n) is 16.0. The van der Waals surface area contributed by atoms with Crippen LogP contribution in [0.25, 0.3) is 0 Å². The Hall–Kier alpha value is -3.02. The molecule has 6 nitrogen and oxygen atoms in total. The van der Waals surface area contributed by atoms with E-state index < -0.39 is 12.0 Å². The van der Waals surface area contributed by atoms with Crippen LogP contribution >= 0.6 is 0 Å². The number of carbonyl (C=O) groups is 2. The molecule has 0 heterocycles.